The summed E-state index contributed by atoms with van der Waals surface area (Å²) in [6, 6.07) is 2.09. The van der Waals surface area contributed by atoms with Gasteiger partial charge in [0, 0.05) is 18.0 Å². The minimum atomic E-state index is -0.940. The number of hydrogen-bond donors (Lipinski definition) is 2. The first-order valence-electron chi connectivity index (χ1n) is 6.62. The van der Waals surface area contributed by atoms with Crippen LogP contribution in [0.5, 0.6) is 0 Å². The predicted molar refractivity (Wildman–Crippen MR) is 75.1 cm³/mol. The Morgan fingerprint density at radius 1 is 1.33 bits per heavy atom. The van der Waals surface area contributed by atoms with Gasteiger partial charge in [0.1, 0.15) is 6.04 Å². The fourth-order valence-electron chi connectivity index (χ4n) is 1.73. The lowest BCUT2D eigenvalue weighted by molar-refractivity contribution is -0.147. The van der Waals surface area contributed by atoms with E-state index in [0.717, 1.165) is 0 Å². The van der Waals surface area contributed by atoms with Crippen molar-refractivity contribution in [3.8, 4) is 0 Å². The van der Waals surface area contributed by atoms with Crippen LogP contribution in [-0.4, -0.2) is 35.4 Å². The number of pyridine rings is 1. The summed E-state index contributed by atoms with van der Waals surface area (Å²) in [5, 5.41) is 2.51. The van der Waals surface area contributed by atoms with Gasteiger partial charge < -0.3 is 15.8 Å². The molecule has 1 aromatic heterocycles. The third-order valence-electron chi connectivity index (χ3n) is 2.87. The average molecular weight is 293 g/mol. The molecule has 3 N–H and O–H groups in total. The number of nitrogens with one attached hydrogen (secondary N) is 1. The third kappa shape index (κ3) is 5.21. The Balaban J connectivity index is 2.68. The molecule has 0 fully saturated rings. The van der Waals surface area contributed by atoms with E-state index in [4.69, 9.17) is 10.5 Å². The molecule has 0 spiro atoms. The molecule has 0 aliphatic rings. The molecule has 7 nitrogen and oxygen atoms in total. The second kappa shape index (κ2) is 7.98. The molecule has 0 radical (unpaired) electrons. The number of aromatic nitrogens is 1. The molecular formula is C14H19N3O4. The van der Waals surface area contributed by atoms with Crippen molar-refractivity contribution in [2.45, 2.75) is 26.3 Å². The molecule has 0 aromatic carbocycles. The summed E-state index contributed by atoms with van der Waals surface area (Å²) < 4.78 is 4.86. The van der Waals surface area contributed by atoms with Gasteiger partial charge in [-0.3, -0.25) is 19.4 Å². The van der Waals surface area contributed by atoms with Crippen LogP contribution in [0.2, 0.25) is 0 Å². The highest BCUT2D eigenvalue weighted by molar-refractivity contribution is 5.97. The van der Waals surface area contributed by atoms with Crippen LogP contribution in [0.1, 0.15) is 30.6 Å². The Kier molecular flexibility index (Phi) is 6.32. The van der Waals surface area contributed by atoms with Crippen molar-refractivity contribution in [1.29, 1.82) is 0 Å². The summed E-state index contributed by atoms with van der Waals surface area (Å²) in [6.45, 7) is 3.57. The molecule has 0 aliphatic carbocycles. The zero-order valence-electron chi connectivity index (χ0n) is 12.0. The van der Waals surface area contributed by atoms with E-state index in [2.05, 4.69) is 10.3 Å². The van der Waals surface area contributed by atoms with E-state index in [-0.39, 0.29) is 13.0 Å². The summed E-state index contributed by atoms with van der Waals surface area (Å²) >= 11 is 0. The highest BCUT2D eigenvalue weighted by atomic mass is 16.5. The summed E-state index contributed by atoms with van der Waals surface area (Å²) in [4.78, 5) is 38.8. The number of ether oxygens (including phenoxy) is 1. The van der Waals surface area contributed by atoms with Crippen LogP contribution in [0.25, 0.3) is 0 Å². The first-order valence-corrected chi connectivity index (χ1v) is 6.62. The molecule has 114 valence electrons. The second-order valence-corrected chi connectivity index (χ2v) is 4.55. The Morgan fingerprint density at radius 3 is 2.48 bits per heavy atom. The number of hydrogen-bond acceptors (Lipinski definition) is 5. The Labute approximate surface area is 122 Å². The lowest BCUT2D eigenvalue weighted by atomic mass is 10.0. The van der Waals surface area contributed by atoms with Crippen LogP contribution in [-0.2, 0) is 14.3 Å². The number of amides is 2. The molecule has 0 saturated heterocycles. The van der Waals surface area contributed by atoms with Crippen molar-refractivity contribution in [2.24, 2.45) is 11.7 Å². The van der Waals surface area contributed by atoms with Crippen molar-refractivity contribution in [3.05, 3.63) is 30.1 Å². The van der Waals surface area contributed by atoms with Gasteiger partial charge >= 0.3 is 5.97 Å². The number of primary amides is 1. The first kappa shape index (κ1) is 16.6. The maximum absolute atomic E-state index is 12.0. The highest BCUT2D eigenvalue weighted by Gasteiger charge is 2.25. The van der Waals surface area contributed by atoms with Gasteiger partial charge in [0.15, 0.2) is 0 Å². The van der Waals surface area contributed by atoms with Crippen LogP contribution >= 0.6 is 0 Å². The minimum absolute atomic E-state index is 0.0883. The maximum Gasteiger partial charge on any atom is 0.308 e. The van der Waals surface area contributed by atoms with Crippen LogP contribution < -0.4 is 11.1 Å². The van der Waals surface area contributed by atoms with Gasteiger partial charge in [-0.25, -0.2) is 0 Å². The topological polar surface area (TPSA) is 111 Å². The molecule has 1 rings (SSSR count). The smallest absolute Gasteiger partial charge is 0.308 e. The minimum Gasteiger partial charge on any atom is -0.466 e. The van der Waals surface area contributed by atoms with Crippen LogP contribution in [0, 0.1) is 5.92 Å². The molecule has 7 heteroatoms. The van der Waals surface area contributed by atoms with Gasteiger partial charge in [0.05, 0.1) is 12.5 Å². The molecule has 1 aromatic rings. The number of esters is 1. The van der Waals surface area contributed by atoms with E-state index >= 15 is 0 Å². The van der Waals surface area contributed by atoms with Gasteiger partial charge in [-0.2, -0.15) is 0 Å². The van der Waals surface area contributed by atoms with Crippen LogP contribution in [0.15, 0.2) is 24.5 Å². The van der Waals surface area contributed by atoms with Crippen molar-refractivity contribution in [2.75, 3.05) is 6.61 Å². The molecule has 0 saturated carbocycles. The van der Waals surface area contributed by atoms with Crippen molar-refractivity contribution in [1.82, 2.24) is 10.3 Å². The van der Waals surface area contributed by atoms with Gasteiger partial charge in [0.25, 0.3) is 5.91 Å². The number of carbonyl (C=O) groups excluding carboxylic acids is 3. The van der Waals surface area contributed by atoms with Crippen molar-refractivity contribution < 1.29 is 19.1 Å². The summed E-state index contributed by atoms with van der Waals surface area (Å²) in [6.07, 6.45) is 3.02. The van der Waals surface area contributed by atoms with E-state index in [1.807, 2.05) is 0 Å². The summed E-state index contributed by atoms with van der Waals surface area (Å²) in [5.74, 6) is -2.12. The molecule has 0 aliphatic heterocycles. The SMILES string of the molecule is CCOC(=O)[C@@H](C)C[C@@H](NC(=O)c1ccncc1)C(N)=O. The molecule has 0 bridgehead atoms. The van der Waals surface area contributed by atoms with E-state index in [9.17, 15) is 14.4 Å². The second-order valence-electron chi connectivity index (χ2n) is 4.55. The number of nitrogens with zero attached hydrogens (tertiary/aromatic N) is 1. The average Bonchev–Trinajstić information content (AvgIpc) is 2.47. The highest BCUT2D eigenvalue weighted by Crippen LogP contribution is 2.09. The number of nitrogens with two attached hydrogens (primary N) is 1. The van der Waals surface area contributed by atoms with Crippen LogP contribution in [0.3, 0.4) is 0 Å². The van der Waals surface area contributed by atoms with Crippen molar-refractivity contribution in [3.63, 3.8) is 0 Å². The maximum atomic E-state index is 12.0. The van der Waals surface area contributed by atoms with E-state index in [1.165, 1.54) is 24.5 Å². The van der Waals surface area contributed by atoms with Gasteiger partial charge in [-0.1, -0.05) is 6.92 Å². The monoisotopic (exact) mass is 293 g/mol. The molecule has 0 unspecified atom stereocenters. The lowest BCUT2D eigenvalue weighted by Gasteiger charge is -2.18. The van der Waals surface area contributed by atoms with E-state index in [0.29, 0.717) is 5.56 Å². The first-order chi connectivity index (χ1) is 9.95. The molecular weight excluding hydrogens is 274 g/mol. The summed E-state index contributed by atoms with van der Waals surface area (Å²) in [7, 11) is 0. The predicted octanol–water partition coefficient (Wildman–Crippen LogP) is 0.255. The molecule has 2 amide bonds. The zero-order valence-corrected chi connectivity index (χ0v) is 12.0. The quantitative estimate of drug-likeness (QED) is 0.700. The largest absolute Gasteiger partial charge is 0.466 e. The van der Waals surface area contributed by atoms with Gasteiger partial charge in [0.2, 0.25) is 5.91 Å². The standard InChI is InChI=1S/C14H19N3O4/c1-3-21-14(20)9(2)8-11(12(15)18)17-13(19)10-4-6-16-7-5-10/h4-7,9,11H,3,8H2,1-2H3,(H2,15,18)(H,17,19)/t9-,11+/m0/s1. The van der Waals surface area contributed by atoms with Gasteiger partial charge in [-0.05, 0) is 25.5 Å². The molecule has 1 heterocycles. The number of carbonyl (C=O) groups is 3. The van der Waals surface area contributed by atoms with Gasteiger partial charge in [-0.15, -0.1) is 0 Å². The molecule has 21 heavy (non-hydrogen) atoms. The fourth-order valence-corrected chi connectivity index (χ4v) is 1.73. The number of rotatable bonds is 7. The Hall–Kier alpha value is -2.44. The fraction of sp³-hybridized carbons (Fsp3) is 0.429. The van der Waals surface area contributed by atoms with Crippen molar-refractivity contribution >= 4 is 17.8 Å². The zero-order chi connectivity index (χ0) is 15.8. The van der Waals surface area contributed by atoms with E-state index < -0.39 is 29.7 Å². The van der Waals surface area contributed by atoms with Crippen LogP contribution in [0.4, 0.5) is 0 Å². The Bertz CT molecular complexity index is 504. The van der Waals surface area contributed by atoms with E-state index in [1.54, 1.807) is 13.8 Å². The summed E-state index contributed by atoms with van der Waals surface area (Å²) in [5.41, 5.74) is 5.63. The normalized spacial score (nSPS) is 13.0. The lowest BCUT2D eigenvalue weighted by Crippen LogP contribution is -2.46. The third-order valence-corrected chi connectivity index (χ3v) is 2.87. The molecule has 2 atom stereocenters. The Morgan fingerprint density at radius 2 is 1.95 bits per heavy atom.